The highest BCUT2D eigenvalue weighted by molar-refractivity contribution is 5.93. The number of nitrogens with zero attached hydrogens (tertiary/aromatic N) is 1. The second kappa shape index (κ2) is 8.26. The topological polar surface area (TPSA) is 3.24 Å². The molecular formula is C29H23N. The van der Waals surface area contributed by atoms with E-state index in [9.17, 15) is 0 Å². The van der Waals surface area contributed by atoms with Gasteiger partial charge in [-0.25, -0.2) is 0 Å². The van der Waals surface area contributed by atoms with Crippen LogP contribution in [0.4, 0.5) is 5.69 Å². The van der Waals surface area contributed by atoms with E-state index >= 15 is 0 Å². The van der Waals surface area contributed by atoms with Gasteiger partial charge in [0, 0.05) is 11.4 Å². The third-order valence-corrected chi connectivity index (χ3v) is 5.52. The van der Waals surface area contributed by atoms with Crippen LogP contribution in [-0.4, -0.2) is 0 Å². The standard InChI is InChI=1S/C29H23N/c1-5-13-23(14-6-1)26-21-28(24-15-7-2-8-16-24)30(27-19-11-4-12-20-27)29(22-26)25-17-9-3-10-18-25/h1-22,28H. The zero-order valence-electron chi connectivity index (χ0n) is 16.7. The van der Waals surface area contributed by atoms with Gasteiger partial charge >= 0.3 is 0 Å². The number of hydrogen-bond donors (Lipinski definition) is 0. The van der Waals surface area contributed by atoms with E-state index < -0.39 is 0 Å². The molecule has 1 heteroatoms. The first-order valence-electron chi connectivity index (χ1n) is 10.3. The Morgan fingerprint density at radius 2 is 1.00 bits per heavy atom. The van der Waals surface area contributed by atoms with E-state index in [-0.39, 0.29) is 6.04 Å². The Hall–Kier alpha value is -3.84. The molecule has 0 fully saturated rings. The van der Waals surface area contributed by atoms with Crippen molar-refractivity contribution in [3.8, 4) is 0 Å². The molecule has 0 saturated carbocycles. The van der Waals surface area contributed by atoms with Gasteiger partial charge in [0.25, 0.3) is 0 Å². The third kappa shape index (κ3) is 3.58. The fourth-order valence-corrected chi connectivity index (χ4v) is 4.08. The summed E-state index contributed by atoms with van der Waals surface area (Å²) in [6.45, 7) is 0. The minimum Gasteiger partial charge on any atom is -0.330 e. The van der Waals surface area contributed by atoms with Crippen LogP contribution < -0.4 is 4.90 Å². The summed E-state index contributed by atoms with van der Waals surface area (Å²) in [5, 5.41) is 0. The van der Waals surface area contributed by atoms with Crippen molar-refractivity contribution in [2.45, 2.75) is 6.04 Å². The lowest BCUT2D eigenvalue weighted by Crippen LogP contribution is -2.28. The molecule has 0 amide bonds. The Kier molecular flexibility index (Phi) is 5.01. The van der Waals surface area contributed by atoms with Crippen molar-refractivity contribution in [3.63, 3.8) is 0 Å². The molecule has 0 spiro atoms. The van der Waals surface area contributed by atoms with Crippen LogP contribution in [0.25, 0.3) is 11.3 Å². The molecule has 0 saturated heterocycles. The second-order valence-electron chi connectivity index (χ2n) is 7.44. The largest absolute Gasteiger partial charge is 0.330 e. The summed E-state index contributed by atoms with van der Waals surface area (Å²) in [7, 11) is 0. The normalized spacial score (nSPS) is 16.0. The summed E-state index contributed by atoms with van der Waals surface area (Å²) in [5.74, 6) is 0. The smallest absolute Gasteiger partial charge is 0.0784 e. The van der Waals surface area contributed by atoms with Crippen molar-refractivity contribution in [1.82, 2.24) is 0 Å². The molecule has 1 nitrogen and oxygen atoms in total. The molecule has 0 aromatic heterocycles. The Bertz CT molecular complexity index is 1160. The van der Waals surface area contributed by atoms with E-state index in [2.05, 4.69) is 138 Å². The first kappa shape index (κ1) is 18.2. The Labute approximate surface area is 178 Å². The minimum atomic E-state index is 0.101. The molecule has 0 aliphatic carbocycles. The van der Waals surface area contributed by atoms with Gasteiger partial charge in [-0.15, -0.1) is 0 Å². The van der Waals surface area contributed by atoms with Gasteiger partial charge < -0.3 is 4.90 Å². The molecule has 0 radical (unpaired) electrons. The molecule has 4 aromatic carbocycles. The summed E-state index contributed by atoms with van der Waals surface area (Å²) in [6.07, 6.45) is 4.70. The Morgan fingerprint density at radius 3 is 1.60 bits per heavy atom. The van der Waals surface area contributed by atoms with Gasteiger partial charge in [-0.2, -0.15) is 0 Å². The van der Waals surface area contributed by atoms with E-state index in [1.54, 1.807) is 0 Å². The molecule has 4 aromatic rings. The lowest BCUT2D eigenvalue weighted by atomic mass is 9.91. The molecule has 1 heterocycles. The summed E-state index contributed by atoms with van der Waals surface area (Å²) < 4.78 is 0. The van der Waals surface area contributed by atoms with Crippen molar-refractivity contribution in [1.29, 1.82) is 0 Å². The van der Waals surface area contributed by atoms with Crippen LogP contribution in [-0.2, 0) is 0 Å². The fraction of sp³-hybridized carbons (Fsp3) is 0.0345. The maximum absolute atomic E-state index is 2.44. The van der Waals surface area contributed by atoms with Crippen molar-refractivity contribution < 1.29 is 0 Å². The van der Waals surface area contributed by atoms with Crippen molar-refractivity contribution in [2.24, 2.45) is 0 Å². The molecule has 1 atom stereocenters. The van der Waals surface area contributed by atoms with Gasteiger partial charge in [0.05, 0.1) is 6.04 Å². The van der Waals surface area contributed by atoms with Gasteiger partial charge in [-0.05, 0) is 46.5 Å². The number of anilines is 1. The number of para-hydroxylation sites is 1. The molecule has 30 heavy (non-hydrogen) atoms. The number of rotatable bonds is 4. The van der Waals surface area contributed by atoms with Crippen molar-refractivity contribution >= 4 is 17.0 Å². The molecule has 5 rings (SSSR count). The SMILES string of the molecule is C1=C(c2ccccc2)C=C(c2ccccc2)N(c2ccccc2)C1c1ccccc1. The molecule has 1 aliphatic rings. The molecule has 0 bridgehead atoms. The quantitative estimate of drug-likeness (QED) is 0.354. The summed E-state index contributed by atoms with van der Waals surface area (Å²) in [5.41, 5.74) is 7.36. The predicted octanol–water partition coefficient (Wildman–Crippen LogP) is 7.37. The number of hydrogen-bond acceptors (Lipinski definition) is 1. The molecule has 1 unspecified atom stereocenters. The summed E-state index contributed by atoms with van der Waals surface area (Å²) in [4.78, 5) is 2.44. The highest BCUT2D eigenvalue weighted by Gasteiger charge is 2.27. The van der Waals surface area contributed by atoms with Gasteiger partial charge in [0.15, 0.2) is 0 Å². The molecule has 0 N–H and O–H groups in total. The lowest BCUT2D eigenvalue weighted by molar-refractivity contribution is 0.851. The summed E-state index contributed by atoms with van der Waals surface area (Å²) in [6, 6.07) is 42.8. The maximum Gasteiger partial charge on any atom is 0.0784 e. The van der Waals surface area contributed by atoms with E-state index in [1.807, 2.05) is 0 Å². The second-order valence-corrected chi connectivity index (χ2v) is 7.44. The predicted molar refractivity (Wildman–Crippen MR) is 127 cm³/mol. The van der Waals surface area contributed by atoms with Crippen LogP contribution in [0.1, 0.15) is 22.7 Å². The average Bonchev–Trinajstić information content (AvgIpc) is 2.85. The zero-order chi connectivity index (χ0) is 20.2. The van der Waals surface area contributed by atoms with Gasteiger partial charge in [0.2, 0.25) is 0 Å². The monoisotopic (exact) mass is 385 g/mol. The number of benzene rings is 4. The zero-order valence-corrected chi connectivity index (χ0v) is 16.7. The highest BCUT2D eigenvalue weighted by atomic mass is 15.2. The maximum atomic E-state index is 2.44. The van der Waals surface area contributed by atoms with E-state index in [0.717, 1.165) is 0 Å². The first-order chi connectivity index (χ1) is 14.9. The van der Waals surface area contributed by atoms with Crippen molar-refractivity contribution in [2.75, 3.05) is 4.90 Å². The van der Waals surface area contributed by atoms with Crippen LogP contribution in [0.3, 0.4) is 0 Å². The molecule has 144 valence electrons. The van der Waals surface area contributed by atoms with Crippen LogP contribution in [0.2, 0.25) is 0 Å². The first-order valence-corrected chi connectivity index (χ1v) is 10.3. The third-order valence-electron chi connectivity index (χ3n) is 5.52. The van der Waals surface area contributed by atoms with E-state index in [4.69, 9.17) is 0 Å². The van der Waals surface area contributed by atoms with Crippen LogP contribution in [0.15, 0.2) is 133 Å². The lowest BCUT2D eigenvalue weighted by Gasteiger charge is -2.38. The minimum absolute atomic E-state index is 0.101. The van der Waals surface area contributed by atoms with Gasteiger partial charge in [0.1, 0.15) is 0 Å². The van der Waals surface area contributed by atoms with Crippen LogP contribution in [0.5, 0.6) is 0 Å². The van der Waals surface area contributed by atoms with Crippen molar-refractivity contribution in [3.05, 3.63) is 150 Å². The Balaban J connectivity index is 1.74. The van der Waals surface area contributed by atoms with E-state index in [0.29, 0.717) is 0 Å². The number of allylic oxidation sites excluding steroid dienone is 2. The molecular weight excluding hydrogens is 362 g/mol. The summed E-state index contributed by atoms with van der Waals surface area (Å²) >= 11 is 0. The highest BCUT2D eigenvalue weighted by Crippen LogP contribution is 2.42. The van der Waals surface area contributed by atoms with Crippen LogP contribution in [0, 0.1) is 0 Å². The average molecular weight is 386 g/mol. The molecule has 1 aliphatic heterocycles. The Morgan fingerprint density at radius 1 is 0.500 bits per heavy atom. The van der Waals surface area contributed by atoms with Gasteiger partial charge in [-0.3, -0.25) is 0 Å². The van der Waals surface area contributed by atoms with Crippen LogP contribution >= 0.6 is 0 Å². The van der Waals surface area contributed by atoms with E-state index in [1.165, 1.54) is 33.6 Å². The van der Waals surface area contributed by atoms with Gasteiger partial charge in [-0.1, -0.05) is 109 Å². The fourth-order valence-electron chi connectivity index (χ4n) is 4.08.